The summed E-state index contributed by atoms with van der Waals surface area (Å²) >= 11 is 0. The minimum Gasteiger partial charge on any atom is -0.373 e. The predicted molar refractivity (Wildman–Crippen MR) is 175 cm³/mol. The van der Waals surface area contributed by atoms with Gasteiger partial charge in [-0.2, -0.15) is 16.8 Å². The molecular weight excluding hydrogens is 664 g/mol. The second-order valence-electron chi connectivity index (χ2n) is 10.7. The maximum Gasteiger partial charge on any atom is 0.397 e. The predicted octanol–water partition coefficient (Wildman–Crippen LogP) is 4.35. The largest absolute Gasteiger partial charge is 0.397 e. The first kappa shape index (κ1) is 37.3. The Morgan fingerprint density at radius 1 is 0.479 bits per heavy atom. The van der Waals surface area contributed by atoms with E-state index in [4.69, 9.17) is 23.1 Å². The lowest BCUT2D eigenvalue weighted by Gasteiger charge is -2.38. The van der Waals surface area contributed by atoms with Gasteiger partial charge in [0.2, 0.25) is 5.44 Å². The highest BCUT2D eigenvalue weighted by atomic mass is 32.3. The molecule has 0 amide bonds. The molecule has 0 heterocycles. The van der Waals surface area contributed by atoms with Crippen molar-refractivity contribution in [2.45, 2.75) is 56.3 Å². The third-order valence-electron chi connectivity index (χ3n) is 7.14. The van der Waals surface area contributed by atoms with Gasteiger partial charge in [-0.25, -0.2) is 4.18 Å². The summed E-state index contributed by atoms with van der Waals surface area (Å²) in [4.78, 5) is 0. The van der Waals surface area contributed by atoms with E-state index in [0.717, 1.165) is 0 Å². The Morgan fingerprint density at radius 3 is 1.17 bits per heavy atom. The lowest BCUT2D eigenvalue weighted by molar-refractivity contribution is -0.204. The normalized spacial score (nSPS) is 15.3. The van der Waals surface area contributed by atoms with Crippen molar-refractivity contribution >= 4 is 20.5 Å². The molecule has 258 valence electrons. The van der Waals surface area contributed by atoms with E-state index in [-0.39, 0.29) is 26.4 Å². The van der Waals surface area contributed by atoms with Crippen LogP contribution in [0.15, 0.2) is 121 Å². The maximum absolute atomic E-state index is 12.5. The Bertz CT molecular complexity index is 1710. The zero-order chi connectivity index (χ0) is 34.4. The molecule has 48 heavy (non-hydrogen) atoms. The molecule has 5 unspecified atom stereocenters. The van der Waals surface area contributed by atoms with Gasteiger partial charge < -0.3 is 24.1 Å². The van der Waals surface area contributed by atoms with Crippen molar-refractivity contribution in [1.82, 2.24) is 0 Å². The number of ether oxygens (including phenoxy) is 4. The molecule has 0 bridgehead atoms. The number of aliphatic hydroxyl groups is 1. The highest BCUT2D eigenvalue weighted by molar-refractivity contribution is 7.86. The van der Waals surface area contributed by atoms with Gasteiger partial charge in [0.05, 0.1) is 33.0 Å². The lowest BCUT2D eigenvalue weighted by Crippen LogP contribution is -2.55. The quantitative estimate of drug-likeness (QED) is 0.111. The summed E-state index contributed by atoms with van der Waals surface area (Å²) in [6.07, 6.45) is -6.19. The summed E-state index contributed by atoms with van der Waals surface area (Å²) < 4.78 is 97.5. The third-order valence-corrected chi connectivity index (χ3v) is 8.46. The summed E-state index contributed by atoms with van der Waals surface area (Å²) in [6.45, 7) is -1.37. The first-order chi connectivity index (χ1) is 23.0. The van der Waals surface area contributed by atoms with Crippen LogP contribution in [0, 0.1) is 0 Å². The van der Waals surface area contributed by atoms with Crippen molar-refractivity contribution in [1.29, 1.82) is 0 Å². The van der Waals surface area contributed by atoms with E-state index < -0.39 is 57.0 Å². The van der Waals surface area contributed by atoms with Crippen molar-refractivity contribution in [2.75, 3.05) is 6.61 Å². The van der Waals surface area contributed by atoms with Gasteiger partial charge in [0.25, 0.3) is 10.1 Å². The fourth-order valence-corrected chi connectivity index (χ4v) is 5.65. The second kappa shape index (κ2) is 18.3. The molecule has 14 heteroatoms. The number of benzene rings is 4. The average molecular weight is 703 g/mol. The molecule has 5 atom stereocenters. The molecule has 0 saturated heterocycles. The monoisotopic (exact) mass is 702 g/mol. The molecule has 0 aromatic heterocycles. The summed E-state index contributed by atoms with van der Waals surface area (Å²) in [7, 11) is -10.1. The van der Waals surface area contributed by atoms with Gasteiger partial charge in [-0.3, -0.25) is 9.11 Å². The first-order valence-corrected chi connectivity index (χ1v) is 17.7. The Hall–Kier alpha value is -3.54. The van der Waals surface area contributed by atoms with Crippen molar-refractivity contribution in [2.24, 2.45) is 0 Å². The van der Waals surface area contributed by atoms with Crippen LogP contribution in [-0.4, -0.2) is 67.5 Å². The molecule has 4 aromatic carbocycles. The standard InChI is InChI=1S/C34H38O12S2/c35-34(47(36,37)38)33(45-24-29-19-11-4-12-20-29)32(44-23-28-17-9-3-10-18-28)31(43-22-27-15-7-2-8-16-27)30(25-46-48(39,40)41)42-21-26-13-5-1-6-14-26/h1-20,30-35H,21-25H2,(H,36,37,38)(H,39,40,41). The molecule has 3 N–H and O–H groups in total. The van der Waals surface area contributed by atoms with E-state index in [0.29, 0.717) is 22.3 Å². The molecule has 4 rings (SSSR count). The van der Waals surface area contributed by atoms with Gasteiger partial charge in [0.15, 0.2) is 0 Å². The number of rotatable bonds is 20. The first-order valence-electron chi connectivity index (χ1n) is 14.9. The number of hydrogen-bond donors (Lipinski definition) is 3. The van der Waals surface area contributed by atoms with Crippen LogP contribution in [0.3, 0.4) is 0 Å². The van der Waals surface area contributed by atoms with E-state index in [1.165, 1.54) is 0 Å². The number of aliphatic hydroxyl groups excluding tert-OH is 1. The summed E-state index contributed by atoms with van der Waals surface area (Å²) in [5.74, 6) is 0. The molecule has 12 nitrogen and oxygen atoms in total. The highest BCUT2D eigenvalue weighted by Gasteiger charge is 2.45. The van der Waals surface area contributed by atoms with Crippen LogP contribution in [0.4, 0.5) is 0 Å². The van der Waals surface area contributed by atoms with Crippen LogP contribution in [-0.2, 0) is 70.1 Å². The molecule has 4 aromatic rings. The summed E-state index contributed by atoms with van der Waals surface area (Å²) in [6, 6.07) is 35.2. The molecule has 0 aliphatic carbocycles. The van der Waals surface area contributed by atoms with Gasteiger partial charge in [-0.1, -0.05) is 121 Å². The lowest BCUT2D eigenvalue weighted by atomic mass is 10.0. The van der Waals surface area contributed by atoms with E-state index in [1.54, 1.807) is 121 Å². The molecule has 0 saturated carbocycles. The zero-order valence-electron chi connectivity index (χ0n) is 25.8. The zero-order valence-corrected chi connectivity index (χ0v) is 27.4. The topological polar surface area (TPSA) is 175 Å². The Kier molecular flexibility index (Phi) is 14.2. The van der Waals surface area contributed by atoms with Crippen LogP contribution < -0.4 is 0 Å². The summed E-state index contributed by atoms with van der Waals surface area (Å²) in [5, 5.41) is 11.1. The fourth-order valence-electron chi connectivity index (χ4n) is 4.77. The molecule has 0 aliphatic heterocycles. The van der Waals surface area contributed by atoms with Crippen molar-refractivity contribution in [3.8, 4) is 0 Å². The molecule has 0 spiro atoms. The Balaban J connectivity index is 1.80. The van der Waals surface area contributed by atoms with E-state index in [9.17, 15) is 31.0 Å². The third kappa shape index (κ3) is 12.5. The minimum absolute atomic E-state index is 0.0899. The SMILES string of the molecule is O=S(=O)(O)OCC(OCc1ccccc1)C(OCc1ccccc1)C(OCc1ccccc1)C(OCc1ccccc1)C(O)S(=O)(=O)O. The second-order valence-corrected chi connectivity index (χ2v) is 13.3. The van der Waals surface area contributed by atoms with Crippen LogP contribution in [0.1, 0.15) is 22.3 Å². The molecule has 0 aliphatic rings. The average Bonchev–Trinajstić information content (AvgIpc) is 3.08. The van der Waals surface area contributed by atoms with Gasteiger partial charge in [-0.15, -0.1) is 0 Å². The van der Waals surface area contributed by atoms with Gasteiger partial charge in [0, 0.05) is 0 Å². The van der Waals surface area contributed by atoms with E-state index >= 15 is 0 Å². The Labute approximate surface area is 280 Å². The van der Waals surface area contributed by atoms with Crippen LogP contribution in [0.25, 0.3) is 0 Å². The molecular formula is C34H38O12S2. The van der Waals surface area contributed by atoms with Crippen LogP contribution in [0.2, 0.25) is 0 Å². The van der Waals surface area contributed by atoms with Crippen LogP contribution >= 0.6 is 0 Å². The van der Waals surface area contributed by atoms with Crippen molar-refractivity contribution in [3.63, 3.8) is 0 Å². The smallest absolute Gasteiger partial charge is 0.373 e. The van der Waals surface area contributed by atoms with Gasteiger partial charge in [-0.05, 0) is 22.3 Å². The van der Waals surface area contributed by atoms with E-state index in [1.807, 2.05) is 0 Å². The molecule has 0 fully saturated rings. The fraction of sp³-hybridized carbons (Fsp3) is 0.294. The van der Waals surface area contributed by atoms with Crippen LogP contribution in [0.5, 0.6) is 0 Å². The minimum atomic E-state index is -5.16. The highest BCUT2D eigenvalue weighted by Crippen LogP contribution is 2.27. The summed E-state index contributed by atoms with van der Waals surface area (Å²) in [5.41, 5.74) is 0.0948. The maximum atomic E-state index is 12.5. The molecule has 0 radical (unpaired) electrons. The van der Waals surface area contributed by atoms with Gasteiger partial charge in [0.1, 0.15) is 24.4 Å². The van der Waals surface area contributed by atoms with E-state index in [2.05, 4.69) is 0 Å². The number of hydrogen-bond acceptors (Lipinski definition) is 10. The van der Waals surface area contributed by atoms with Crippen molar-refractivity contribution < 1.29 is 54.2 Å². The van der Waals surface area contributed by atoms with Crippen molar-refractivity contribution in [3.05, 3.63) is 144 Å². The Morgan fingerprint density at radius 2 is 0.812 bits per heavy atom. The van der Waals surface area contributed by atoms with Gasteiger partial charge >= 0.3 is 10.4 Å².